The molecule has 1 spiro atoms. The first-order chi connectivity index (χ1) is 9.53. The molecule has 7 heteroatoms. The van der Waals surface area contributed by atoms with Gasteiger partial charge in [-0.15, -0.1) is 0 Å². The van der Waals surface area contributed by atoms with E-state index in [1.165, 1.54) is 6.07 Å². The smallest absolute Gasteiger partial charge is 0.322 e. The molecule has 1 N–H and O–H groups in total. The molecule has 2 saturated heterocycles. The second kappa shape index (κ2) is 4.45. The lowest BCUT2D eigenvalue weighted by molar-refractivity contribution is -0.385. The van der Waals surface area contributed by atoms with Gasteiger partial charge < -0.3 is 15.0 Å². The maximum Gasteiger partial charge on any atom is 0.322 e. The second-order valence-electron chi connectivity index (χ2n) is 5.26. The minimum absolute atomic E-state index is 0.00750. The Labute approximate surface area is 115 Å². The van der Waals surface area contributed by atoms with Crippen LogP contribution in [0.2, 0.25) is 0 Å². The SMILES string of the molecule is Cc1c(NC(=O)N2CCC23COC3)cccc1[N+](=O)[O-]. The molecule has 0 aliphatic carbocycles. The van der Waals surface area contributed by atoms with Crippen molar-refractivity contribution in [3.63, 3.8) is 0 Å². The Morgan fingerprint density at radius 2 is 2.25 bits per heavy atom. The Bertz CT molecular complexity index is 577. The summed E-state index contributed by atoms with van der Waals surface area (Å²) in [4.78, 5) is 24.4. The number of carbonyl (C=O) groups is 1. The molecule has 106 valence electrons. The van der Waals surface area contributed by atoms with E-state index in [0.717, 1.165) is 6.42 Å². The maximum atomic E-state index is 12.2. The van der Waals surface area contributed by atoms with E-state index in [-0.39, 0.29) is 17.3 Å². The summed E-state index contributed by atoms with van der Waals surface area (Å²) in [6.07, 6.45) is 0.953. The molecule has 2 aliphatic rings. The molecule has 0 aromatic heterocycles. The van der Waals surface area contributed by atoms with Crippen LogP contribution in [0.1, 0.15) is 12.0 Å². The van der Waals surface area contributed by atoms with Crippen molar-refractivity contribution in [2.45, 2.75) is 18.9 Å². The summed E-state index contributed by atoms with van der Waals surface area (Å²) in [7, 11) is 0. The fourth-order valence-corrected chi connectivity index (χ4v) is 2.63. The van der Waals surface area contributed by atoms with Crippen molar-refractivity contribution >= 4 is 17.4 Å². The first kappa shape index (κ1) is 12.9. The van der Waals surface area contributed by atoms with Gasteiger partial charge in [-0.1, -0.05) is 6.07 Å². The Kier molecular flexibility index (Phi) is 2.86. The third-order valence-corrected chi connectivity index (χ3v) is 4.10. The van der Waals surface area contributed by atoms with Crippen molar-refractivity contribution in [2.75, 3.05) is 25.1 Å². The Morgan fingerprint density at radius 3 is 2.75 bits per heavy atom. The molecule has 3 rings (SSSR count). The van der Waals surface area contributed by atoms with Crippen LogP contribution in [0.25, 0.3) is 0 Å². The van der Waals surface area contributed by atoms with Crippen LogP contribution < -0.4 is 5.32 Å². The minimum atomic E-state index is -0.449. The van der Waals surface area contributed by atoms with E-state index in [1.54, 1.807) is 24.0 Å². The highest BCUT2D eigenvalue weighted by atomic mass is 16.6. The molecule has 2 fully saturated rings. The average Bonchev–Trinajstić information content (AvgIpc) is 2.28. The monoisotopic (exact) mass is 277 g/mol. The Balaban J connectivity index is 1.76. The van der Waals surface area contributed by atoms with Crippen LogP contribution in [0.15, 0.2) is 18.2 Å². The van der Waals surface area contributed by atoms with Gasteiger partial charge in [0.05, 0.1) is 34.9 Å². The van der Waals surface area contributed by atoms with E-state index in [2.05, 4.69) is 5.32 Å². The largest absolute Gasteiger partial charge is 0.376 e. The van der Waals surface area contributed by atoms with Gasteiger partial charge in [0.15, 0.2) is 0 Å². The number of benzene rings is 1. The topological polar surface area (TPSA) is 84.7 Å². The lowest BCUT2D eigenvalue weighted by atomic mass is 9.83. The van der Waals surface area contributed by atoms with Crippen molar-refractivity contribution in [2.24, 2.45) is 0 Å². The zero-order valence-electron chi connectivity index (χ0n) is 11.1. The molecule has 2 aliphatic heterocycles. The van der Waals surface area contributed by atoms with Gasteiger partial charge in [-0.25, -0.2) is 4.79 Å². The van der Waals surface area contributed by atoms with Crippen LogP contribution in [-0.2, 0) is 4.74 Å². The number of anilines is 1. The number of nitro benzene ring substituents is 1. The van der Waals surface area contributed by atoms with E-state index in [1.807, 2.05) is 0 Å². The molecule has 1 aromatic carbocycles. The van der Waals surface area contributed by atoms with E-state index >= 15 is 0 Å². The average molecular weight is 277 g/mol. The highest BCUT2D eigenvalue weighted by molar-refractivity contribution is 5.92. The van der Waals surface area contributed by atoms with Crippen LogP contribution in [0.4, 0.5) is 16.2 Å². The zero-order chi connectivity index (χ0) is 14.3. The fraction of sp³-hybridized carbons (Fsp3) is 0.462. The van der Waals surface area contributed by atoms with E-state index in [4.69, 9.17) is 4.74 Å². The number of amides is 2. The number of hydrogen-bond donors (Lipinski definition) is 1. The fourth-order valence-electron chi connectivity index (χ4n) is 2.63. The molecule has 0 saturated carbocycles. The third kappa shape index (κ3) is 1.82. The molecule has 2 amide bonds. The number of nitrogens with one attached hydrogen (secondary N) is 1. The van der Waals surface area contributed by atoms with Crippen LogP contribution in [0.5, 0.6) is 0 Å². The summed E-state index contributed by atoms with van der Waals surface area (Å²) >= 11 is 0. The normalized spacial score (nSPS) is 19.1. The zero-order valence-corrected chi connectivity index (χ0v) is 11.1. The Morgan fingerprint density at radius 1 is 1.50 bits per heavy atom. The molecule has 0 unspecified atom stereocenters. The van der Waals surface area contributed by atoms with Gasteiger partial charge in [0.1, 0.15) is 0 Å². The Hall–Kier alpha value is -2.15. The summed E-state index contributed by atoms with van der Waals surface area (Å²) < 4.78 is 5.17. The van der Waals surface area contributed by atoms with Crippen molar-refractivity contribution in [3.8, 4) is 0 Å². The minimum Gasteiger partial charge on any atom is -0.376 e. The van der Waals surface area contributed by atoms with Gasteiger partial charge in [0, 0.05) is 12.6 Å². The van der Waals surface area contributed by atoms with Crippen molar-refractivity contribution in [1.82, 2.24) is 4.90 Å². The summed E-state index contributed by atoms with van der Waals surface area (Å²) in [6.45, 7) is 3.48. The van der Waals surface area contributed by atoms with Crippen LogP contribution >= 0.6 is 0 Å². The van der Waals surface area contributed by atoms with Gasteiger partial charge >= 0.3 is 6.03 Å². The first-order valence-corrected chi connectivity index (χ1v) is 6.44. The third-order valence-electron chi connectivity index (χ3n) is 4.10. The number of nitrogens with zero attached hydrogens (tertiary/aromatic N) is 2. The number of carbonyl (C=O) groups excluding carboxylic acids is 1. The molecule has 7 nitrogen and oxygen atoms in total. The summed E-state index contributed by atoms with van der Waals surface area (Å²) in [5.41, 5.74) is 0.809. The van der Waals surface area contributed by atoms with Gasteiger partial charge in [0.25, 0.3) is 5.69 Å². The summed E-state index contributed by atoms with van der Waals surface area (Å²) in [6, 6.07) is 4.45. The van der Waals surface area contributed by atoms with Gasteiger partial charge in [-0.3, -0.25) is 10.1 Å². The maximum absolute atomic E-state index is 12.2. The molecule has 2 heterocycles. The summed E-state index contributed by atoms with van der Waals surface area (Å²) in [5.74, 6) is 0. The lowest BCUT2D eigenvalue weighted by Gasteiger charge is -2.57. The number of ether oxygens (including phenoxy) is 1. The van der Waals surface area contributed by atoms with Crippen LogP contribution in [-0.4, -0.2) is 41.2 Å². The molecule has 1 aromatic rings. The number of likely N-dealkylation sites (tertiary alicyclic amines) is 1. The highest BCUT2D eigenvalue weighted by Crippen LogP contribution is 2.38. The predicted octanol–water partition coefficient (Wildman–Crippen LogP) is 1.91. The van der Waals surface area contributed by atoms with Crippen molar-refractivity contribution in [3.05, 3.63) is 33.9 Å². The molecule has 0 bridgehead atoms. The van der Waals surface area contributed by atoms with Crippen molar-refractivity contribution in [1.29, 1.82) is 0 Å². The number of nitro groups is 1. The molecular formula is C13H15N3O4. The lowest BCUT2D eigenvalue weighted by Crippen LogP contribution is -2.72. The molecule has 0 atom stereocenters. The van der Waals surface area contributed by atoms with Gasteiger partial charge in [-0.2, -0.15) is 0 Å². The van der Waals surface area contributed by atoms with Crippen molar-refractivity contribution < 1.29 is 14.5 Å². The quantitative estimate of drug-likeness (QED) is 0.661. The standard InChI is InChI=1S/C13H15N3O4/c1-9-10(3-2-4-11(9)16(18)19)14-12(17)15-6-5-13(15)7-20-8-13/h2-4H,5-8H2,1H3,(H,14,17). The molecule has 0 radical (unpaired) electrons. The second-order valence-corrected chi connectivity index (χ2v) is 5.26. The molecule has 20 heavy (non-hydrogen) atoms. The summed E-state index contributed by atoms with van der Waals surface area (Å²) in [5, 5.41) is 13.6. The highest BCUT2D eigenvalue weighted by Gasteiger charge is 2.53. The van der Waals surface area contributed by atoms with Gasteiger partial charge in [0.2, 0.25) is 0 Å². The van der Waals surface area contributed by atoms with Crippen LogP contribution in [0.3, 0.4) is 0 Å². The van der Waals surface area contributed by atoms with Gasteiger partial charge in [-0.05, 0) is 19.4 Å². The number of urea groups is 1. The first-order valence-electron chi connectivity index (χ1n) is 6.44. The van der Waals surface area contributed by atoms with E-state index in [9.17, 15) is 14.9 Å². The number of hydrogen-bond acceptors (Lipinski definition) is 4. The van der Waals surface area contributed by atoms with E-state index in [0.29, 0.717) is 31.0 Å². The predicted molar refractivity (Wildman–Crippen MR) is 71.7 cm³/mol. The number of rotatable bonds is 2. The van der Waals surface area contributed by atoms with E-state index < -0.39 is 4.92 Å². The van der Waals surface area contributed by atoms with Crippen LogP contribution in [0, 0.1) is 17.0 Å². The molecular weight excluding hydrogens is 262 g/mol.